The standard InChI is InChI=1S/C11H22N4O/c1-13-10(16)8-14-11(12)15-9-6-4-2-3-5-7-9/h9H,2-8H2,1H3,(H,13,16)(H3,12,14,15). The van der Waals surface area contributed by atoms with E-state index < -0.39 is 0 Å². The van der Waals surface area contributed by atoms with Crippen molar-refractivity contribution < 1.29 is 4.79 Å². The van der Waals surface area contributed by atoms with Crippen LogP contribution in [0.1, 0.15) is 38.5 Å². The van der Waals surface area contributed by atoms with Gasteiger partial charge in [-0.05, 0) is 12.8 Å². The van der Waals surface area contributed by atoms with Crippen LogP contribution in [-0.4, -0.2) is 31.5 Å². The molecule has 4 N–H and O–H groups in total. The molecule has 5 heteroatoms. The largest absolute Gasteiger partial charge is 0.370 e. The number of hydrogen-bond donors (Lipinski definition) is 3. The molecule has 0 bridgehead atoms. The van der Waals surface area contributed by atoms with Crippen molar-refractivity contribution in [2.75, 3.05) is 13.6 Å². The third-order valence-electron chi connectivity index (χ3n) is 2.88. The van der Waals surface area contributed by atoms with Crippen molar-refractivity contribution in [3.05, 3.63) is 0 Å². The molecule has 92 valence electrons. The van der Waals surface area contributed by atoms with Gasteiger partial charge >= 0.3 is 0 Å². The average molecular weight is 226 g/mol. The van der Waals surface area contributed by atoms with Crippen molar-refractivity contribution in [2.24, 2.45) is 10.7 Å². The maximum absolute atomic E-state index is 11.0. The van der Waals surface area contributed by atoms with Crippen LogP contribution in [0.2, 0.25) is 0 Å². The molecule has 0 unspecified atom stereocenters. The Morgan fingerprint density at radius 3 is 2.50 bits per heavy atom. The van der Waals surface area contributed by atoms with Gasteiger partial charge in [-0.15, -0.1) is 0 Å². The van der Waals surface area contributed by atoms with Crippen molar-refractivity contribution >= 4 is 11.9 Å². The Labute approximate surface area is 96.9 Å². The Kier molecular flexibility index (Phi) is 5.67. The van der Waals surface area contributed by atoms with Crippen molar-refractivity contribution in [3.63, 3.8) is 0 Å². The lowest BCUT2D eigenvalue weighted by Crippen LogP contribution is -2.40. The summed E-state index contributed by atoms with van der Waals surface area (Å²) in [4.78, 5) is 15.0. The SMILES string of the molecule is CNC(=O)CN=C(N)NC1CCCCCC1. The van der Waals surface area contributed by atoms with Gasteiger partial charge in [0.05, 0.1) is 0 Å². The van der Waals surface area contributed by atoms with Crippen LogP contribution < -0.4 is 16.4 Å². The van der Waals surface area contributed by atoms with E-state index in [0.29, 0.717) is 12.0 Å². The molecular weight excluding hydrogens is 204 g/mol. The molecule has 1 saturated carbocycles. The molecule has 0 heterocycles. The molecule has 1 fully saturated rings. The van der Waals surface area contributed by atoms with Gasteiger partial charge in [0.25, 0.3) is 0 Å². The second kappa shape index (κ2) is 7.09. The molecule has 0 aromatic carbocycles. The lowest BCUT2D eigenvalue weighted by atomic mass is 10.1. The first-order chi connectivity index (χ1) is 7.72. The maximum Gasteiger partial charge on any atom is 0.241 e. The van der Waals surface area contributed by atoms with Gasteiger partial charge in [-0.1, -0.05) is 25.7 Å². The van der Waals surface area contributed by atoms with Gasteiger partial charge in [-0.3, -0.25) is 4.79 Å². The summed E-state index contributed by atoms with van der Waals surface area (Å²) in [6, 6.07) is 0.427. The van der Waals surface area contributed by atoms with E-state index in [4.69, 9.17) is 5.73 Å². The van der Waals surface area contributed by atoms with Gasteiger partial charge in [-0.25, -0.2) is 4.99 Å². The third kappa shape index (κ3) is 5.00. The molecule has 16 heavy (non-hydrogen) atoms. The van der Waals surface area contributed by atoms with E-state index in [0.717, 1.165) is 12.8 Å². The minimum Gasteiger partial charge on any atom is -0.370 e. The summed E-state index contributed by atoms with van der Waals surface area (Å²) in [6.07, 6.45) is 7.42. The van der Waals surface area contributed by atoms with E-state index in [1.807, 2.05) is 0 Å². The first-order valence-electron chi connectivity index (χ1n) is 5.99. The lowest BCUT2D eigenvalue weighted by Gasteiger charge is -2.16. The molecule has 0 atom stereocenters. The molecule has 0 saturated heterocycles. The van der Waals surface area contributed by atoms with Crippen molar-refractivity contribution in [1.82, 2.24) is 10.6 Å². The van der Waals surface area contributed by atoms with Gasteiger partial charge in [0.15, 0.2) is 5.96 Å². The molecule has 0 spiro atoms. The molecule has 1 aliphatic rings. The normalized spacial score (nSPS) is 18.9. The van der Waals surface area contributed by atoms with Crippen molar-refractivity contribution in [1.29, 1.82) is 0 Å². The number of carbonyl (C=O) groups is 1. The van der Waals surface area contributed by atoms with Crippen LogP contribution in [0.25, 0.3) is 0 Å². The second-order valence-electron chi connectivity index (χ2n) is 4.21. The van der Waals surface area contributed by atoms with E-state index in [-0.39, 0.29) is 12.5 Å². The molecule has 0 aromatic heterocycles. The van der Waals surface area contributed by atoms with Gasteiger partial charge in [0, 0.05) is 13.1 Å². The molecule has 0 aliphatic heterocycles. The summed E-state index contributed by atoms with van der Waals surface area (Å²) in [7, 11) is 1.59. The number of rotatable bonds is 3. The number of guanidine groups is 1. The zero-order chi connectivity index (χ0) is 11.8. The van der Waals surface area contributed by atoms with E-state index in [9.17, 15) is 4.79 Å². The fourth-order valence-electron chi connectivity index (χ4n) is 1.91. The van der Waals surface area contributed by atoms with Gasteiger partial charge < -0.3 is 16.4 Å². The number of hydrogen-bond acceptors (Lipinski definition) is 2. The summed E-state index contributed by atoms with van der Waals surface area (Å²) in [5, 5.41) is 5.69. The van der Waals surface area contributed by atoms with Crippen LogP contribution in [-0.2, 0) is 4.79 Å². The van der Waals surface area contributed by atoms with Crippen LogP contribution >= 0.6 is 0 Å². The average Bonchev–Trinajstić information content (AvgIpc) is 2.54. The zero-order valence-corrected chi connectivity index (χ0v) is 9.96. The number of amides is 1. The van der Waals surface area contributed by atoms with Crippen LogP contribution in [0, 0.1) is 0 Å². The van der Waals surface area contributed by atoms with Crippen LogP contribution in [0.15, 0.2) is 4.99 Å². The summed E-state index contributed by atoms with van der Waals surface area (Å²) in [5.74, 6) is 0.265. The van der Waals surface area contributed by atoms with Gasteiger partial charge in [-0.2, -0.15) is 0 Å². The topological polar surface area (TPSA) is 79.5 Å². The molecular formula is C11H22N4O. The molecule has 1 amide bonds. The number of nitrogens with zero attached hydrogens (tertiary/aromatic N) is 1. The predicted octanol–water partition coefficient (Wildman–Crippen LogP) is 0.360. The van der Waals surface area contributed by atoms with Crippen molar-refractivity contribution in [2.45, 2.75) is 44.6 Å². The van der Waals surface area contributed by atoms with Crippen molar-refractivity contribution in [3.8, 4) is 0 Å². The van der Waals surface area contributed by atoms with E-state index >= 15 is 0 Å². The summed E-state index contributed by atoms with van der Waals surface area (Å²) >= 11 is 0. The van der Waals surface area contributed by atoms with Crippen LogP contribution in [0.5, 0.6) is 0 Å². The quantitative estimate of drug-likeness (QED) is 0.369. The minimum atomic E-state index is -0.120. The highest BCUT2D eigenvalue weighted by atomic mass is 16.1. The van der Waals surface area contributed by atoms with Gasteiger partial charge in [0.1, 0.15) is 6.54 Å². The highest BCUT2D eigenvalue weighted by Crippen LogP contribution is 2.16. The van der Waals surface area contributed by atoms with Crippen LogP contribution in [0.3, 0.4) is 0 Å². The van der Waals surface area contributed by atoms with E-state index in [1.54, 1.807) is 7.05 Å². The van der Waals surface area contributed by atoms with E-state index in [2.05, 4.69) is 15.6 Å². The molecule has 1 rings (SSSR count). The Hall–Kier alpha value is -1.26. The van der Waals surface area contributed by atoms with Crippen LogP contribution in [0.4, 0.5) is 0 Å². The third-order valence-corrected chi connectivity index (χ3v) is 2.88. The Bertz CT molecular complexity index is 244. The van der Waals surface area contributed by atoms with E-state index in [1.165, 1.54) is 25.7 Å². The number of nitrogens with two attached hydrogens (primary N) is 1. The number of likely N-dealkylation sites (N-methyl/N-ethyl adjacent to an activating group) is 1. The Balaban J connectivity index is 2.30. The monoisotopic (exact) mass is 226 g/mol. The smallest absolute Gasteiger partial charge is 0.241 e. The highest BCUT2D eigenvalue weighted by molar-refractivity contribution is 5.83. The van der Waals surface area contributed by atoms with Gasteiger partial charge in [0.2, 0.25) is 5.91 Å². The number of aliphatic imine (C=N–C) groups is 1. The minimum absolute atomic E-state index is 0.0993. The summed E-state index contributed by atoms with van der Waals surface area (Å²) in [5.41, 5.74) is 5.72. The second-order valence-corrected chi connectivity index (χ2v) is 4.21. The summed E-state index contributed by atoms with van der Waals surface area (Å²) in [6.45, 7) is 0.0993. The molecule has 5 nitrogen and oxygen atoms in total. The first kappa shape index (κ1) is 12.8. The highest BCUT2D eigenvalue weighted by Gasteiger charge is 2.12. The number of carbonyl (C=O) groups excluding carboxylic acids is 1. The Morgan fingerprint density at radius 1 is 1.31 bits per heavy atom. The first-order valence-corrected chi connectivity index (χ1v) is 5.99. The Morgan fingerprint density at radius 2 is 1.94 bits per heavy atom. The lowest BCUT2D eigenvalue weighted by molar-refractivity contribution is -0.119. The molecule has 0 radical (unpaired) electrons. The number of nitrogens with one attached hydrogen (secondary N) is 2. The molecule has 0 aromatic rings. The fraction of sp³-hybridized carbons (Fsp3) is 0.818. The maximum atomic E-state index is 11.0. The summed E-state index contributed by atoms with van der Waals surface area (Å²) < 4.78 is 0. The fourth-order valence-corrected chi connectivity index (χ4v) is 1.91. The zero-order valence-electron chi connectivity index (χ0n) is 9.96. The predicted molar refractivity (Wildman–Crippen MR) is 65.2 cm³/mol. The molecule has 1 aliphatic carbocycles.